The maximum atomic E-state index is 14.6. The van der Waals surface area contributed by atoms with Gasteiger partial charge < -0.3 is 24.4 Å². The van der Waals surface area contributed by atoms with Gasteiger partial charge in [0.25, 0.3) is 11.8 Å². The summed E-state index contributed by atoms with van der Waals surface area (Å²) in [6.07, 6.45) is 3.34. The van der Waals surface area contributed by atoms with Gasteiger partial charge in [0, 0.05) is 60.3 Å². The number of piperidine rings is 1. The first-order chi connectivity index (χ1) is 21.4. The number of methoxy groups -OCH3 is 1. The van der Waals surface area contributed by atoms with Gasteiger partial charge in [-0.05, 0) is 36.2 Å². The number of pyridine rings is 1. The highest BCUT2D eigenvalue weighted by Crippen LogP contribution is 2.36. The van der Waals surface area contributed by atoms with E-state index in [1.807, 2.05) is 12.1 Å². The summed E-state index contributed by atoms with van der Waals surface area (Å²) in [4.78, 5) is 74.7. The molecule has 2 N–H and O–H groups in total. The molecule has 2 unspecified atom stereocenters. The monoisotopic (exact) mass is 616 g/mol. The normalized spacial score (nSPS) is 17.0. The predicted molar refractivity (Wildman–Crippen MR) is 156 cm³/mol. The summed E-state index contributed by atoms with van der Waals surface area (Å²) in [5, 5.41) is 9.97. The maximum absolute atomic E-state index is 14.6. The quantitative estimate of drug-likeness (QED) is 0.201. The Morgan fingerprint density at radius 2 is 2.09 bits per heavy atom. The van der Waals surface area contributed by atoms with Crippen LogP contribution >= 0.6 is 11.3 Å². The lowest BCUT2D eigenvalue weighted by Gasteiger charge is -2.31. The van der Waals surface area contributed by atoms with Crippen molar-refractivity contribution in [1.82, 2.24) is 30.6 Å². The number of ether oxygens (including phenoxy) is 1. The highest BCUT2D eigenvalue weighted by atomic mass is 32.1. The van der Waals surface area contributed by atoms with Crippen LogP contribution in [0.3, 0.4) is 0 Å². The van der Waals surface area contributed by atoms with Crippen molar-refractivity contribution in [2.75, 3.05) is 20.3 Å². The molecule has 0 radical (unpaired) electrons. The van der Waals surface area contributed by atoms with E-state index in [9.17, 15) is 24.0 Å². The van der Waals surface area contributed by atoms with E-state index in [0.717, 1.165) is 5.39 Å². The summed E-state index contributed by atoms with van der Waals surface area (Å²) in [7, 11) is 1.52. The minimum Gasteiger partial charge on any atom is -0.383 e. The highest BCUT2D eigenvalue weighted by Gasteiger charge is 2.42. The summed E-state index contributed by atoms with van der Waals surface area (Å²) < 4.78 is 10.1. The van der Waals surface area contributed by atoms with Gasteiger partial charge in [-0.3, -0.25) is 29.3 Å². The molecule has 4 aromatic rings. The largest absolute Gasteiger partial charge is 0.383 e. The van der Waals surface area contributed by atoms with Crippen LogP contribution in [-0.4, -0.2) is 75.8 Å². The predicted octanol–water partition coefficient (Wildman–Crippen LogP) is 2.19. The van der Waals surface area contributed by atoms with Crippen LogP contribution in [-0.2, 0) is 32.2 Å². The lowest BCUT2D eigenvalue weighted by molar-refractivity contribution is -0.137. The van der Waals surface area contributed by atoms with Crippen LogP contribution in [0.5, 0.6) is 0 Å². The lowest BCUT2D eigenvalue weighted by atomic mass is 10.0. The number of hydrogen-bond donors (Lipinski definition) is 2. The number of hydrogen-bond acceptors (Lipinski definition) is 10. The van der Waals surface area contributed by atoms with Gasteiger partial charge in [0.2, 0.25) is 17.7 Å². The van der Waals surface area contributed by atoms with Crippen LogP contribution in [0.4, 0.5) is 0 Å². The third-order valence-electron chi connectivity index (χ3n) is 7.64. The molecule has 0 aliphatic carbocycles. The Labute approximate surface area is 255 Å². The van der Waals surface area contributed by atoms with Crippen LogP contribution in [0.25, 0.3) is 10.2 Å². The lowest BCUT2D eigenvalue weighted by Crippen LogP contribution is -2.52. The van der Waals surface area contributed by atoms with E-state index < -0.39 is 35.7 Å². The fraction of sp³-hybridized carbons (Fsp3) is 0.300. The summed E-state index contributed by atoms with van der Waals surface area (Å²) in [5.74, 6) is -2.29. The van der Waals surface area contributed by atoms with Crippen LogP contribution in [0.15, 0.2) is 59.4 Å². The molecule has 0 bridgehead atoms. The van der Waals surface area contributed by atoms with E-state index >= 15 is 0 Å². The molecule has 1 fully saturated rings. The number of carbonyl (C=O) groups excluding carboxylic acids is 5. The SMILES string of the molecule is COCCNC(=O)C(c1cc2cccnc2s1)N(Cc1ccon1)C(=O)c1cccc2c1CN(C1CCC(=O)NC1=O)C2=O. The third kappa shape index (κ3) is 5.56. The van der Waals surface area contributed by atoms with Crippen molar-refractivity contribution in [3.63, 3.8) is 0 Å². The molecule has 5 heterocycles. The number of rotatable bonds is 10. The molecule has 5 amide bonds. The second-order valence-corrected chi connectivity index (χ2v) is 11.5. The van der Waals surface area contributed by atoms with E-state index in [-0.39, 0.29) is 56.1 Å². The van der Waals surface area contributed by atoms with Gasteiger partial charge in [-0.2, -0.15) is 0 Å². The zero-order valence-electron chi connectivity index (χ0n) is 23.6. The standard InChI is InChI=1S/C30H28N6O7S/c1-42-13-11-31-27(39)25(23-14-17-4-3-10-32-28(17)44-23)36(15-18-9-12-43-34-18)30(41)20-6-2-5-19-21(20)16-35(29(19)40)22-7-8-24(37)33-26(22)38/h2-6,9-10,12,14,22,25H,7-8,11,13,15-16H2,1H3,(H,31,39)(H,33,37,38). The van der Waals surface area contributed by atoms with Gasteiger partial charge in [0.1, 0.15) is 28.9 Å². The number of imide groups is 1. The Hall–Kier alpha value is -4.95. The molecule has 6 rings (SSSR count). The number of nitrogens with one attached hydrogen (secondary N) is 2. The van der Waals surface area contributed by atoms with Crippen LogP contribution in [0.2, 0.25) is 0 Å². The van der Waals surface area contributed by atoms with Crippen LogP contribution in [0, 0.1) is 0 Å². The highest BCUT2D eigenvalue weighted by molar-refractivity contribution is 7.18. The van der Waals surface area contributed by atoms with E-state index in [1.54, 1.807) is 36.5 Å². The maximum Gasteiger partial charge on any atom is 0.255 e. The molecule has 2 atom stereocenters. The van der Waals surface area contributed by atoms with Crippen LogP contribution in [0.1, 0.15) is 55.7 Å². The molecule has 1 saturated heterocycles. The Morgan fingerprint density at radius 1 is 1.23 bits per heavy atom. The van der Waals surface area contributed by atoms with Crippen molar-refractivity contribution in [3.05, 3.63) is 82.2 Å². The van der Waals surface area contributed by atoms with Gasteiger partial charge in [0.15, 0.2) is 0 Å². The molecule has 0 spiro atoms. The fourth-order valence-corrected chi connectivity index (χ4v) is 6.65. The van der Waals surface area contributed by atoms with Gasteiger partial charge >= 0.3 is 0 Å². The molecule has 13 nitrogen and oxygen atoms in total. The number of fused-ring (bicyclic) bond motifs is 2. The minimum atomic E-state index is -1.09. The fourth-order valence-electron chi connectivity index (χ4n) is 5.54. The van der Waals surface area contributed by atoms with E-state index in [2.05, 4.69) is 20.8 Å². The number of amides is 5. The smallest absolute Gasteiger partial charge is 0.255 e. The number of nitrogens with zero attached hydrogens (tertiary/aromatic N) is 4. The van der Waals surface area contributed by atoms with Gasteiger partial charge in [-0.1, -0.05) is 17.3 Å². The molecule has 14 heteroatoms. The molecular weight excluding hydrogens is 588 g/mol. The van der Waals surface area contributed by atoms with Crippen molar-refractivity contribution >= 4 is 51.1 Å². The first-order valence-corrected chi connectivity index (χ1v) is 14.7. The van der Waals surface area contributed by atoms with Crippen molar-refractivity contribution in [3.8, 4) is 0 Å². The Bertz CT molecular complexity index is 1720. The number of aromatic nitrogens is 2. The average molecular weight is 617 g/mol. The second kappa shape index (κ2) is 12.3. The molecule has 3 aromatic heterocycles. The van der Waals surface area contributed by atoms with Crippen molar-refractivity contribution in [1.29, 1.82) is 0 Å². The van der Waals surface area contributed by atoms with Crippen LogP contribution < -0.4 is 10.6 Å². The van der Waals surface area contributed by atoms with Gasteiger partial charge in [-0.25, -0.2) is 4.98 Å². The molecule has 226 valence electrons. The molecule has 0 saturated carbocycles. The van der Waals surface area contributed by atoms with E-state index in [1.165, 1.54) is 34.5 Å². The summed E-state index contributed by atoms with van der Waals surface area (Å²) in [6.45, 7) is 0.413. The molecule has 2 aliphatic rings. The Kier molecular flexibility index (Phi) is 8.17. The molecule has 1 aromatic carbocycles. The summed E-state index contributed by atoms with van der Waals surface area (Å²) in [5.41, 5.74) is 1.35. The average Bonchev–Trinajstić information content (AvgIpc) is 3.76. The second-order valence-electron chi connectivity index (χ2n) is 10.4. The van der Waals surface area contributed by atoms with Crippen molar-refractivity contribution < 1.29 is 33.2 Å². The van der Waals surface area contributed by atoms with Gasteiger partial charge in [-0.15, -0.1) is 11.3 Å². The minimum absolute atomic E-state index is 0.00231. The summed E-state index contributed by atoms with van der Waals surface area (Å²) >= 11 is 1.30. The number of benzene rings is 1. The summed E-state index contributed by atoms with van der Waals surface area (Å²) in [6, 6.07) is 10.00. The van der Waals surface area contributed by atoms with Crippen molar-refractivity contribution in [2.24, 2.45) is 0 Å². The number of thiophene rings is 1. The third-order valence-corrected chi connectivity index (χ3v) is 8.76. The first-order valence-electron chi connectivity index (χ1n) is 13.9. The Balaban J connectivity index is 1.40. The molecule has 44 heavy (non-hydrogen) atoms. The zero-order chi connectivity index (χ0) is 30.8. The number of carbonyl (C=O) groups is 5. The Morgan fingerprint density at radius 3 is 2.84 bits per heavy atom. The molecular formula is C30H28N6O7S. The first kappa shape index (κ1) is 29.1. The van der Waals surface area contributed by atoms with Gasteiger partial charge in [0.05, 0.1) is 13.2 Å². The zero-order valence-corrected chi connectivity index (χ0v) is 24.5. The van der Waals surface area contributed by atoms with Crippen molar-refractivity contribution in [2.45, 2.75) is 38.0 Å². The van der Waals surface area contributed by atoms with E-state index in [0.29, 0.717) is 21.0 Å². The topological polar surface area (TPSA) is 164 Å². The van der Waals surface area contributed by atoms with E-state index in [4.69, 9.17) is 9.26 Å². The molecule has 2 aliphatic heterocycles.